The molecule has 1 atom stereocenters. The summed E-state index contributed by atoms with van der Waals surface area (Å²) in [6, 6.07) is 0.352. The number of amides is 1. The number of aliphatic hydroxyl groups is 1. The average molecular weight is 496 g/mol. The van der Waals surface area contributed by atoms with Crippen LogP contribution in [0, 0.1) is 17.8 Å². The molecule has 0 aliphatic carbocycles. The van der Waals surface area contributed by atoms with Crippen LogP contribution in [0.2, 0.25) is 0 Å². The van der Waals surface area contributed by atoms with Crippen LogP contribution in [0.5, 0.6) is 0 Å². The molecule has 0 aromatic rings. The summed E-state index contributed by atoms with van der Waals surface area (Å²) in [6.07, 6.45) is 3.79. The molecule has 27 heavy (non-hydrogen) atoms. The first kappa shape index (κ1) is 26.4. The lowest BCUT2D eigenvalue weighted by molar-refractivity contribution is -0.135. The number of piperidine rings is 1. The van der Waals surface area contributed by atoms with Crippen molar-refractivity contribution >= 4 is 35.8 Å². The van der Waals surface area contributed by atoms with E-state index in [1.807, 2.05) is 18.7 Å². The maximum absolute atomic E-state index is 12.1. The zero-order valence-corrected chi connectivity index (χ0v) is 20.2. The molecule has 1 aliphatic heterocycles. The molecule has 0 radical (unpaired) electrons. The van der Waals surface area contributed by atoms with E-state index < -0.39 is 0 Å². The molecule has 0 aromatic heterocycles. The van der Waals surface area contributed by atoms with Gasteiger partial charge in [-0.3, -0.25) is 9.79 Å². The maximum atomic E-state index is 12.1. The molecule has 6 nitrogen and oxygen atoms in total. The highest BCUT2D eigenvalue weighted by Gasteiger charge is 2.24. The molecular formula is C20H41IN4O2. The average Bonchev–Trinajstić information content (AvgIpc) is 2.59. The second-order valence-corrected chi connectivity index (χ2v) is 8.13. The molecule has 1 aliphatic rings. The van der Waals surface area contributed by atoms with Gasteiger partial charge in [0.25, 0.3) is 0 Å². The van der Waals surface area contributed by atoms with Gasteiger partial charge in [-0.2, -0.15) is 0 Å². The molecule has 1 amide bonds. The number of halogens is 1. The first-order chi connectivity index (χ1) is 12.4. The van der Waals surface area contributed by atoms with Gasteiger partial charge in [-0.05, 0) is 44.4 Å². The fraction of sp³-hybridized carbons (Fsp3) is 0.900. The van der Waals surface area contributed by atoms with Gasteiger partial charge < -0.3 is 20.6 Å². The van der Waals surface area contributed by atoms with Crippen molar-refractivity contribution in [1.82, 2.24) is 15.5 Å². The molecule has 1 unspecified atom stereocenters. The zero-order chi connectivity index (χ0) is 19.5. The van der Waals surface area contributed by atoms with Gasteiger partial charge in [0.1, 0.15) is 0 Å². The predicted octanol–water partition coefficient (Wildman–Crippen LogP) is 2.85. The van der Waals surface area contributed by atoms with Crippen LogP contribution in [0.15, 0.2) is 4.99 Å². The number of aliphatic hydroxyl groups excluding tert-OH is 1. The summed E-state index contributed by atoms with van der Waals surface area (Å²) in [4.78, 5) is 18.8. The number of nitrogens with one attached hydrogen (secondary N) is 2. The number of nitrogens with zero attached hydrogens (tertiary/aromatic N) is 2. The van der Waals surface area contributed by atoms with Crippen molar-refractivity contribution in [3.8, 4) is 0 Å². The van der Waals surface area contributed by atoms with Crippen molar-refractivity contribution in [3.05, 3.63) is 0 Å². The summed E-state index contributed by atoms with van der Waals surface area (Å²) < 4.78 is 0. The lowest BCUT2D eigenvalue weighted by atomic mass is 9.94. The van der Waals surface area contributed by atoms with Gasteiger partial charge in [0.2, 0.25) is 5.91 Å². The standard InChI is InChI=1S/C20H40N4O2.HI/c1-6-21-20(22-14-17(9-12-25)13-15(2)3)23-18-7-10-24(11-8-18)19(26)16(4)5;/h15-18,25H,6-14H2,1-5H3,(H2,21,22,23);1H. The molecule has 1 rings (SSSR count). The van der Waals surface area contributed by atoms with Gasteiger partial charge in [-0.1, -0.05) is 27.7 Å². The van der Waals surface area contributed by atoms with E-state index in [2.05, 4.69) is 31.4 Å². The molecule has 7 heteroatoms. The Morgan fingerprint density at radius 3 is 2.33 bits per heavy atom. The summed E-state index contributed by atoms with van der Waals surface area (Å²) >= 11 is 0. The monoisotopic (exact) mass is 496 g/mol. The molecule has 0 bridgehead atoms. The molecule has 0 saturated carbocycles. The number of hydrogen-bond donors (Lipinski definition) is 3. The van der Waals surface area contributed by atoms with Crippen LogP contribution in [0.3, 0.4) is 0 Å². The summed E-state index contributed by atoms with van der Waals surface area (Å²) in [7, 11) is 0. The third-order valence-electron chi connectivity index (χ3n) is 4.84. The summed E-state index contributed by atoms with van der Waals surface area (Å²) in [6.45, 7) is 13.8. The van der Waals surface area contributed by atoms with Crippen LogP contribution >= 0.6 is 24.0 Å². The molecule has 0 spiro atoms. The molecule has 1 fully saturated rings. The number of aliphatic imine (C=N–C) groups is 1. The van der Waals surface area contributed by atoms with Crippen molar-refractivity contribution in [2.45, 2.75) is 66.3 Å². The van der Waals surface area contributed by atoms with Crippen molar-refractivity contribution in [1.29, 1.82) is 0 Å². The van der Waals surface area contributed by atoms with E-state index in [1.165, 1.54) is 0 Å². The molecule has 160 valence electrons. The number of carbonyl (C=O) groups is 1. The highest BCUT2D eigenvalue weighted by molar-refractivity contribution is 14.0. The fourth-order valence-corrected chi connectivity index (χ4v) is 3.48. The lowest BCUT2D eigenvalue weighted by Gasteiger charge is -2.34. The van der Waals surface area contributed by atoms with Crippen LogP contribution in [-0.2, 0) is 4.79 Å². The van der Waals surface area contributed by atoms with Crippen LogP contribution in [0.25, 0.3) is 0 Å². The van der Waals surface area contributed by atoms with Crippen LogP contribution in [0.4, 0.5) is 0 Å². The Labute approximate surface area is 183 Å². The Morgan fingerprint density at radius 2 is 1.85 bits per heavy atom. The number of guanidine groups is 1. The van der Waals surface area contributed by atoms with Crippen molar-refractivity contribution in [2.75, 3.05) is 32.8 Å². The Hall–Kier alpha value is -0.570. The molecule has 0 aromatic carbocycles. The number of carbonyl (C=O) groups excluding carboxylic acids is 1. The third-order valence-corrected chi connectivity index (χ3v) is 4.84. The molecular weight excluding hydrogens is 455 g/mol. The Kier molecular flexibility index (Phi) is 14.1. The molecule has 1 heterocycles. The highest BCUT2D eigenvalue weighted by atomic mass is 127. The summed E-state index contributed by atoms with van der Waals surface area (Å²) in [5, 5.41) is 16.1. The second-order valence-electron chi connectivity index (χ2n) is 8.13. The summed E-state index contributed by atoms with van der Waals surface area (Å²) in [5.74, 6) is 2.21. The number of hydrogen-bond acceptors (Lipinski definition) is 3. The van der Waals surface area contributed by atoms with Gasteiger partial charge in [0, 0.05) is 44.7 Å². The van der Waals surface area contributed by atoms with Crippen molar-refractivity contribution in [3.63, 3.8) is 0 Å². The van der Waals surface area contributed by atoms with Gasteiger partial charge in [-0.15, -0.1) is 24.0 Å². The van der Waals surface area contributed by atoms with Gasteiger partial charge in [-0.25, -0.2) is 0 Å². The van der Waals surface area contributed by atoms with Crippen LogP contribution < -0.4 is 10.6 Å². The Balaban J connectivity index is 0.00000676. The van der Waals surface area contributed by atoms with E-state index in [9.17, 15) is 9.90 Å². The smallest absolute Gasteiger partial charge is 0.225 e. The number of likely N-dealkylation sites (tertiary alicyclic amines) is 1. The first-order valence-electron chi connectivity index (χ1n) is 10.3. The van der Waals surface area contributed by atoms with Crippen LogP contribution in [-0.4, -0.2) is 60.7 Å². The molecule has 1 saturated heterocycles. The second kappa shape index (κ2) is 14.4. The Bertz CT molecular complexity index is 436. The topological polar surface area (TPSA) is 77.0 Å². The highest BCUT2D eigenvalue weighted by Crippen LogP contribution is 2.16. The minimum absolute atomic E-state index is 0. The van der Waals surface area contributed by atoms with E-state index in [1.54, 1.807) is 0 Å². The number of rotatable bonds is 9. The van der Waals surface area contributed by atoms with Crippen molar-refractivity contribution in [2.24, 2.45) is 22.7 Å². The van der Waals surface area contributed by atoms with E-state index in [0.29, 0.717) is 17.9 Å². The SMILES string of the molecule is CCNC(=NCC(CCO)CC(C)C)NC1CCN(C(=O)C(C)C)CC1.I. The molecule has 3 N–H and O–H groups in total. The fourth-order valence-electron chi connectivity index (χ4n) is 3.48. The minimum atomic E-state index is 0. The Morgan fingerprint density at radius 1 is 1.22 bits per heavy atom. The quantitative estimate of drug-likeness (QED) is 0.261. The van der Waals surface area contributed by atoms with E-state index in [-0.39, 0.29) is 42.4 Å². The van der Waals surface area contributed by atoms with E-state index in [0.717, 1.165) is 57.8 Å². The van der Waals surface area contributed by atoms with Crippen LogP contribution in [0.1, 0.15) is 60.3 Å². The minimum Gasteiger partial charge on any atom is -0.396 e. The van der Waals surface area contributed by atoms with E-state index in [4.69, 9.17) is 4.99 Å². The van der Waals surface area contributed by atoms with Gasteiger partial charge in [0.15, 0.2) is 5.96 Å². The first-order valence-corrected chi connectivity index (χ1v) is 10.3. The van der Waals surface area contributed by atoms with Gasteiger partial charge >= 0.3 is 0 Å². The zero-order valence-electron chi connectivity index (χ0n) is 17.8. The maximum Gasteiger partial charge on any atom is 0.225 e. The van der Waals surface area contributed by atoms with E-state index >= 15 is 0 Å². The third kappa shape index (κ3) is 10.5. The summed E-state index contributed by atoms with van der Waals surface area (Å²) in [5.41, 5.74) is 0. The predicted molar refractivity (Wildman–Crippen MR) is 124 cm³/mol. The largest absolute Gasteiger partial charge is 0.396 e. The van der Waals surface area contributed by atoms with Gasteiger partial charge in [0.05, 0.1) is 0 Å². The normalized spacial score (nSPS) is 17.0. The van der Waals surface area contributed by atoms with Crippen molar-refractivity contribution < 1.29 is 9.90 Å². The lowest BCUT2D eigenvalue weighted by Crippen LogP contribution is -2.50.